The van der Waals surface area contributed by atoms with E-state index in [1.807, 2.05) is 24.3 Å². The highest BCUT2D eigenvalue weighted by Crippen LogP contribution is 2.67. The molecule has 0 N–H and O–H groups in total. The van der Waals surface area contributed by atoms with Gasteiger partial charge in [0.2, 0.25) is 0 Å². The summed E-state index contributed by atoms with van der Waals surface area (Å²) in [6.07, 6.45) is 8.03. The van der Waals surface area contributed by atoms with Crippen LogP contribution < -0.4 is 19.1 Å². The molecule has 2 aliphatic carbocycles. The molecule has 1 saturated carbocycles. The van der Waals surface area contributed by atoms with Gasteiger partial charge in [0.05, 0.1) is 27.4 Å². The van der Waals surface area contributed by atoms with Gasteiger partial charge in [-0.05, 0) is 106 Å². The van der Waals surface area contributed by atoms with Crippen LogP contribution in [0.4, 0.5) is 5.69 Å². The zero-order valence-electron chi connectivity index (χ0n) is 32.4. The number of anilines is 1. The van der Waals surface area contributed by atoms with Crippen molar-refractivity contribution in [3.63, 3.8) is 0 Å². The minimum absolute atomic E-state index is 0.143. The van der Waals surface area contributed by atoms with Crippen molar-refractivity contribution in [3.05, 3.63) is 124 Å². The highest BCUT2D eigenvalue weighted by Gasteiger charge is 2.55. The molecule has 5 aromatic rings. The second-order valence-electron chi connectivity index (χ2n) is 17.4. The van der Waals surface area contributed by atoms with Crippen LogP contribution in [0.3, 0.4) is 0 Å². The molecule has 2 aliphatic heterocycles. The van der Waals surface area contributed by atoms with E-state index in [9.17, 15) is 0 Å². The Kier molecular flexibility index (Phi) is 8.40. The lowest BCUT2D eigenvalue weighted by atomic mass is 9.52. The lowest BCUT2D eigenvalue weighted by Crippen LogP contribution is -2.44. The van der Waals surface area contributed by atoms with E-state index in [-0.39, 0.29) is 16.2 Å². The molecule has 2 heterocycles. The molecular weight excluding hydrogens is 687 g/mol. The van der Waals surface area contributed by atoms with E-state index >= 15 is 0 Å². The Hall–Kier alpha value is -4.39. The maximum atomic E-state index is 7.80. The third kappa shape index (κ3) is 5.46. The Bertz CT molecular complexity index is 2220. The summed E-state index contributed by atoms with van der Waals surface area (Å²) in [5.41, 5.74) is 10.5. The number of fused-ring (bicyclic) bond motifs is 10. The minimum Gasteiger partial charge on any atom is -0.497 e. The molecule has 54 heavy (non-hydrogen) atoms. The zero-order chi connectivity index (χ0) is 37.5. The SMILES string of the molecule is COc1ccc(C2(c3ccc(OC)cc3)C=Cc3c4c(c5cc(CS)c(N6CCOCC6)cc5c3O2)-c2ccccc2C42CC(C)(C)CC(C)(C)C2)cc1. The van der Waals surface area contributed by atoms with Crippen LogP contribution in [0, 0.1) is 10.8 Å². The molecule has 2 fully saturated rings. The van der Waals surface area contributed by atoms with Crippen LogP contribution in [0.25, 0.3) is 28.0 Å². The molecule has 0 radical (unpaired) electrons. The highest BCUT2D eigenvalue weighted by molar-refractivity contribution is 7.79. The molecule has 5 nitrogen and oxygen atoms in total. The molecule has 4 aliphatic rings. The maximum Gasteiger partial charge on any atom is 0.178 e. The van der Waals surface area contributed by atoms with Crippen LogP contribution in [0.2, 0.25) is 0 Å². The normalized spacial score (nSPS) is 19.9. The van der Waals surface area contributed by atoms with E-state index in [1.165, 1.54) is 50.9 Å². The fraction of sp³-hybridized carbons (Fsp3) is 0.375. The van der Waals surface area contributed by atoms with Crippen LogP contribution in [0.5, 0.6) is 17.2 Å². The Balaban J connectivity index is 1.39. The quantitative estimate of drug-likeness (QED) is 0.176. The number of ether oxygens (including phenoxy) is 4. The number of nitrogens with zero attached hydrogens (tertiary/aromatic N) is 1. The van der Waals surface area contributed by atoms with Crippen LogP contribution in [0.1, 0.15) is 80.3 Å². The number of hydrogen-bond donors (Lipinski definition) is 1. The standard InChI is InChI=1S/C48H51NO4S/c1-45(2)28-46(3,4)30-47(29-45)40-10-8-7-9-36(40)42-38-25-31(27-54)41(49-21-23-52-24-22-49)26-39(38)44-37(43(42)47)19-20-48(53-44,32-11-15-34(50-5)16-12-32)33-13-17-35(51-6)18-14-33/h7-20,25-26,54H,21-24,27-30H2,1-6H3. The van der Waals surface area contributed by atoms with Gasteiger partial charge in [0, 0.05) is 52.0 Å². The van der Waals surface area contributed by atoms with Crippen molar-refractivity contribution in [3.8, 4) is 28.4 Å². The van der Waals surface area contributed by atoms with E-state index in [1.54, 1.807) is 14.2 Å². The molecule has 5 aromatic carbocycles. The van der Waals surface area contributed by atoms with E-state index in [0.29, 0.717) is 19.0 Å². The van der Waals surface area contributed by atoms with E-state index in [2.05, 4.69) is 105 Å². The van der Waals surface area contributed by atoms with E-state index < -0.39 is 5.60 Å². The Morgan fingerprint density at radius 1 is 0.741 bits per heavy atom. The smallest absolute Gasteiger partial charge is 0.178 e. The summed E-state index contributed by atoms with van der Waals surface area (Å²) in [5.74, 6) is 3.20. The molecule has 0 bridgehead atoms. The van der Waals surface area contributed by atoms with Gasteiger partial charge in [-0.15, -0.1) is 0 Å². The second kappa shape index (κ2) is 12.8. The van der Waals surface area contributed by atoms with Crippen molar-refractivity contribution < 1.29 is 18.9 Å². The zero-order valence-corrected chi connectivity index (χ0v) is 33.3. The van der Waals surface area contributed by atoms with Crippen LogP contribution in [0.15, 0.2) is 91.0 Å². The van der Waals surface area contributed by atoms with Crippen LogP contribution in [-0.2, 0) is 21.5 Å². The first-order chi connectivity index (χ1) is 26.0. The minimum atomic E-state index is -0.905. The summed E-state index contributed by atoms with van der Waals surface area (Å²) in [7, 11) is 3.42. The number of thiol groups is 1. The molecule has 1 spiro atoms. The topological polar surface area (TPSA) is 40.2 Å². The van der Waals surface area contributed by atoms with Crippen molar-refractivity contribution in [2.24, 2.45) is 10.8 Å². The van der Waals surface area contributed by atoms with Gasteiger partial charge in [0.15, 0.2) is 5.60 Å². The summed E-state index contributed by atoms with van der Waals surface area (Å²) >= 11 is 4.96. The monoisotopic (exact) mass is 737 g/mol. The number of hydrogen-bond acceptors (Lipinski definition) is 6. The van der Waals surface area contributed by atoms with Gasteiger partial charge in [0.1, 0.15) is 17.2 Å². The average molecular weight is 738 g/mol. The van der Waals surface area contributed by atoms with Crippen LogP contribution in [-0.4, -0.2) is 40.5 Å². The molecule has 6 heteroatoms. The fourth-order valence-electron chi connectivity index (χ4n) is 11.1. The number of morpholine rings is 1. The Labute approximate surface area is 325 Å². The summed E-state index contributed by atoms with van der Waals surface area (Å²) in [6, 6.07) is 30.7. The van der Waals surface area contributed by atoms with Gasteiger partial charge in [0.25, 0.3) is 0 Å². The molecule has 0 aromatic heterocycles. The highest BCUT2D eigenvalue weighted by atomic mass is 32.1. The third-order valence-electron chi connectivity index (χ3n) is 12.5. The Morgan fingerprint density at radius 2 is 1.35 bits per heavy atom. The fourth-order valence-corrected chi connectivity index (χ4v) is 11.4. The Morgan fingerprint density at radius 3 is 1.94 bits per heavy atom. The van der Waals surface area contributed by atoms with Crippen molar-refractivity contribution in [1.29, 1.82) is 0 Å². The maximum absolute atomic E-state index is 7.80. The summed E-state index contributed by atoms with van der Waals surface area (Å²) in [6.45, 7) is 13.0. The largest absolute Gasteiger partial charge is 0.497 e. The van der Waals surface area contributed by atoms with Gasteiger partial charge >= 0.3 is 0 Å². The van der Waals surface area contributed by atoms with Gasteiger partial charge in [-0.1, -0.05) is 82.3 Å². The van der Waals surface area contributed by atoms with Gasteiger partial charge in [-0.2, -0.15) is 12.6 Å². The van der Waals surface area contributed by atoms with Crippen molar-refractivity contribution in [1.82, 2.24) is 0 Å². The first-order valence-corrected chi connectivity index (χ1v) is 20.0. The number of methoxy groups -OCH3 is 2. The van der Waals surface area contributed by atoms with Crippen LogP contribution >= 0.6 is 12.6 Å². The summed E-state index contributed by atoms with van der Waals surface area (Å²) < 4.78 is 24.8. The molecule has 278 valence electrons. The predicted molar refractivity (Wildman–Crippen MR) is 224 cm³/mol. The van der Waals surface area contributed by atoms with Gasteiger partial charge < -0.3 is 23.8 Å². The second-order valence-corrected chi connectivity index (χ2v) is 17.7. The van der Waals surface area contributed by atoms with Crippen molar-refractivity contribution in [2.45, 2.75) is 63.7 Å². The lowest BCUT2D eigenvalue weighted by molar-refractivity contribution is 0.0642. The molecule has 1 saturated heterocycles. The molecule has 0 atom stereocenters. The van der Waals surface area contributed by atoms with Crippen molar-refractivity contribution in [2.75, 3.05) is 45.4 Å². The predicted octanol–water partition coefficient (Wildman–Crippen LogP) is 11.0. The molecule has 0 amide bonds. The van der Waals surface area contributed by atoms with Gasteiger partial charge in [-0.3, -0.25) is 0 Å². The molecular formula is C48H51NO4S. The van der Waals surface area contributed by atoms with E-state index in [0.717, 1.165) is 59.7 Å². The first kappa shape index (κ1) is 35.3. The molecule has 9 rings (SSSR count). The van der Waals surface area contributed by atoms with Gasteiger partial charge in [-0.25, -0.2) is 0 Å². The lowest BCUT2D eigenvalue weighted by Gasteiger charge is -2.52. The first-order valence-electron chi connectivity index (χ1n) is 19.4. The summed E-state index contributed by atoms with van der Waals surface area (Å²) in [5, 5.41) is 2.37. The van der Waals surface area contributed by atoms with E-state index in [4.69, 9.17) is 31.6 Å². The average Bonchev–Trinajstić information content (AvgIpc) is 3.44. The summed E-state index contributed by atoms with van der Waals surface area (Å²) in [4.78, 5) is 2.47. The van der Waals surface area contributed by atoms with Crippen molar-refractivity contribution >= 4 is 35.2 Å². The number of benzene rings is 5. The third-order valence-corrected chi connectivity index (χ3v) is 12.9. The number of rotatable bonds is 6. The molecule has 0 unspecified atom stereocenters.